The Labute approximate surface area is 221 Å². The highest BCUT2D eigenvalue weighted by Crippen LogP contribution is 2.45. The van der Waals surface area contributed by atoms with Crippen LogP contribution in [-0.4, -0.2) is 97.5 Å². The number of hydrogen-bond donors (Lipinski definition) is 7. The molecule has 0 bridgehead atoms. The monoisotopic (exact) mass is 546 g/mol. The Balaban J connectivity index is 1.78. The van der Waals surface area contributed by atoms with Crippen molar-refractivity contribution in [1.29, 1.82) is 0 Å². The van der Waals surface area contributed by atoms with Crippen LogP contribution in [0.5, 0.6) is 0 Å². The van der Waals surface area contributed by atoms with E-state index in [9.17, 15) is 40.5 Å². The largest absolute Gasteiger partial charge is 0.455 e. The van der Waals surface area contributed by atoms with Crippen LogP contribution < -0.4 is 5.43 Å². The summed E-state index contributed by atoms with van der Waals surface area (Å²) in [5.74, 6) is -2.76. The van der Waals surface area contributed by atoms with Gasteiger partial charge >= 0.3 is 0 Å². The lowest BCUT2D eigenvalue weighted by Crippen LogP contribution is -2.68. The van der Waals surface area contributed by atoms with Crippen molar-refractivity contribution in [3.63, 3.8) is 0 Å². The zero-order chi connectivity index (χ0) is 28.1. The number of para-hydroxylation sites is 1. The average molecular weight is 547 g/mol. The molecule has 3 aromatic rings. The number of fused-ring (bicyclic) bond motifs is 1. The summed E-state index contributed by atoms with van der Waals surface area (Å²) >= 11 is 0. The summed E-state index contributed by atoms with van der Waals surface area (Å²) in [7, 11) is 0. The third-order valence-corrected chi connectivity index (χ3v) is 7.24. The number of aliphatic hydroxyl groups excluding tert-OH is 7. The summed E-state index contributed by atoms with van der Waals surface area (Å²) in [6, 6.07) is 14.6. The van der Waals surface area contributed by atoms with E-state index in [2.05, 4.69) is 0 Å². The second kappa shape index (κ2) is 10.7. The minimum atomic E-state index is -2.66. The van der Waals surface area contributed by atoms with Gasteiger partial charge < -0.3 is 54.4 Å². The van der Waals surface area contributed by atoms with Gasteiger partial charge in [-0.3, -0.25) is 4.79 Å². The highest BCUT2D eigenvalue weighted by Gasteiger charge is 2.60. The first-order chi connectivity index (χ1) is 18.6. The number of hydrogen-bond acceptors (Lipinski definition) is 12. The van der Waals surface area contributed by atoms with Crippen LogP contribution >= 0.6 is 0 Å². The van der Waals surface area contributed by atoms with Crippen molar-refractivity contribution in [1.82, 2.24) is 0 Å². The molecule has 2 saturated heterocycles. The van der Waals surface area contributed by atoms with Crippen molar-refractivity contribution in [3.05, 3.63) is 70.4 Å². The molecule has 2 fully saturated rings. The summed E-state index contributed by atoms with van der Waals surface area (Å²) in [6.07, 6.45) is -15.8. The predicted octanol–water partition coefficient (Wildman–Crippen LogP) is -1.07. The first-order valence-corrected chi connectivity index (χ1v) is 12.4. The van der Waals surface area contributed by atoms with Crippen molar-refractivity contribution in [2.24, 2.45) is 0 Å². The van der Waals surface area contributed by atoms with Gasteiger partial charge in [0.15, 0.2) is 6.29 Å². The molecule has 210 valence electrons. The van der Waals surface area contributed by atoms with Crippen LogP contribution in [0.15, 0.2) is 63.8 Å². The molecule has 1 aromatic heterocycles. The smallest absolute Gasteiger partial charge is 0.233 e. The number of ether oxygens (including phenoxy) is 3. The lowest BCUT2D eigenvalue weighted by molar-refractivity contribution is -0.413. The number of rotatable bonds is 5. The standard InChI is InChI=1S/C27H30O12/c1-12-18(29)22(33)25(34)27(38-12,39-24-21(32)20(31)16(11-28)37-26(24)35)17-19(30)14-9-5-6-10-15(14)36-23(17)13-7-3-2-4-8-13/h2-10,12,16,18,20-22,24-26,28-29,31-35H,11H2,1H3/t12?,16-,18?,20+,21?,22?,24-,25?,26+,27?/m1/s1. The summed E-state index contributed by atoms with van der Waals surface area (Å²) in [5, 5.41) is 74.2. The maximum absolute atomic E-state index is 14.1. The third-order valence-electron chi connectivity index (χ3n) is 7.24. The second-order valence-electron chi connectivity index (χ2n) is 9.73. The predicted molar refractivity (Wildman–Crippen MR) is 133 cm³/mol. The topological polar surface area (TPSA) is 200 Å². The average Bonchev–Trinajstić information content (AvgIpc) is 2.95. The van der Waals surface area contributed by atoms with Crippen LogP contribution in [-0.2, 0) is 20.0 Å². The van der Waals surface area contributed by atoms with Gasteiger partial charge in [0.1, 0.15) is 59.6 Å². The Morgan fingerprint density at radius 2 is 1.54 bits per heavy atom. The fraction of sp³-hybridized carbons (Fsp3) is 0.444. The zero-order valence-electron chi connectivity index (χ0n) is 20.8. The highest BCUT2D eigenvalue weighted by atomic mass is 16.7. The lowest BCUT2D eigenvalue weighted by atomic mass is 9.85. The molecule has 10 atom stereocenters. The van der Waals surface area contributed by atoms with Crippen molar-refractivity contribution in [2.45, 2.75) is 67.8 Å². The first kappa shape index (κ1) is 27.8. The maximum atomic E-state index is 14.1. The second-order valence-corrected chi connectivity index (χ2v) is 9.73. The normalized spacial score (nSPS) is 37.2. The Morgan fingerprint density at radius 3 is 2.23 bits per heavy atom. The van der Waals surface area contributed by atoms with Gasteiger partial charge in [0, 0.05) is 5.56 Å². The van der Waals surface area contributed by atoms with Crippen molar-refractivity contribution in [2.75, 3.05) is 6.61 Å². The minimum Gasteiger partial charge on any atom is -0.455 e. The van der Waals surface area contributed by atoms with E-state index in [1.165, 1.54) is 13.0 Å². The van der Waals surface area contributed by atoms with Crippen LogP contribution in [0.2, 0.25) is 0 Å². The molecule has 12 nitrogen and oxygen atoms in total. The van der Waals surface area contributed by atoms with E-state index in [-0.39, 0.29) is 16.7 Å². The molecule has 6 unspecified atom stereocenters. The van der Waals surface area contributed by atoms with Gasteiger partial charge in [0.2, 0.25) is 11.2 Å². The molecular weight excluding hydrogens is 516 g/mol. The molecule has 7 N–H and O–H groups in total. The van der Waals surface area contributed by atoms with E-state index in [0.29, 0.717) is 5.56 Å². The minimum absolute atomic E-state index is 0.0700. The van der Waals surface area contributed by atoms with E-state index in [1.54, 1.807) is 48.5 Å². The van der Waals surface area contributed by atoms with Gasteiger partial charge in [-0.1, -0.05) is 42.5 Å². The Kier molecular flexibility index (Phi) is 7.61. The van der Waals surface area contributed by atoms with Gasteiger partial charge in [-0.05, 0) is 19.1 Å². The molecule has 2 aliphatic heterocycles. The fourth-order valence-corrected chi connectivity index (χ4v) is 5.12. The molecular formula is C27H30O12. The van der Waals surface area contributed by atoms with E-state index in [4.69, 9.17) is 18.6 Å². The van der Waals surface area contributed by atoms with Gasteiger partial charge in [-0.25, -0.2) is 0 Å². The SMILES string of the molecule is CC1OC(O[C@@H]2C(O)[C@@H](O)[C@@H](CO)O[C@@H]2O)(c2c(-c3ccccc3)oc3ccccc3c2=O)C(O)C(O)C1O. The summed E-state index contributed by atoms with van der Waals surface area (Å²) in [5.41, 5.74) is -0.582. The van der Waals surface area contributed by atoms with Crippen molar-refractivity contribution in [3.8, 4) is 11.3 Å². The molecule has 0 amide bonds. The van der Waals surface area contributed by atoms with Gasteiger partial charge in [0.05, 0.1) is 18.1 Å². The number of benzene rings is 2. The van der Waals surface area contributed by atoms with Crippen LogP contribution in [0.1, 0.15) is 12.5 Å². The zero-order valence-corrected chi connectivity index (χ0v) is 20.8. The molecule has 0 aliphatic carbocycles. The molecule has 0 radical (unpaired) electrons. The molecule has 2 aromatic carbocycles. The lowest BCUT2D eigenvalue weighted by Gasteiger charge is -2.51. The fourth-order valence-electron chi connectivity index (χ4n) is 5.12. The highest BCUT2D eigenvalue weighted by molar-refractivity contribution is 5.81. The molecule has 0 spiro atoms. The van der Waals surface area contributed by atoms with E-state index >= 15 is 0 Å². The Morgan fingerprint density at radius 1 is 0.872 bits per heavy atom. The summed E-state index contributed by atoms with van der Waals surface area (Å²) in [6.45, 7) is 0.629. The van der Waals surface area contributed by atoms with Gasteiger partial charge in [0.25, 0.3) is 0 Å². The first-order valence-electron chi connectivity index (χ1n) is 12.4. The quantitative estimate of drug-likeness (QED) is 0.205. The summed E-state index contributed by atoms with van der Waals surface area (Å²) < 4.78 is 23.3. The molecule has 3 heterocycles. The van der Waals surface area contributed by atoms with E-state index in [0.717, 1.165) is 0 Å². The van der Waals surface area contributed by atoms with Crippen LogP contribution in [0.3, 0.4) is 0 Å². The third kappa shape index (κ3) is 4.58. The molecule has 2 aliphatic rings. The van der Waals surface area contributed by atoms with E-state index < -0.39 is 78.5 Å². The van der Waals surface area contributed by atoms with Crippen LogP contribution in [0, 0.1) is 0 Å². The van der Waals surface area contributed by atoms with Crippen molar-refractivity contribution < 1.29 is 54.4 Å². The van der Waals surface area contributed by atoms with Gasteiger partial charge in [-0.2, -0.15) is 0 Å². The van der Waals surface area contributed by atoms with Gasteiger partial charge in [-0.15, -0.1) is 0 Å². The molecule has 5 rings (SSSR count). The summed E-state index contributed by atoms with van der Waals surface area (Å²) in [4.78, 5) is 14.1. The molecule has 12 heteroatoms. The van der Waals surface area contributed by atoms with Crippen LogP contribution in [0.25, 0.3) is 22.3 Å². The molecule has 39 heavy (non-hydrogen) atoms. The van der Waals surface area contributed by atoms with Crippen LogP contribution in [0.4, 0.5) is 0 Å². The maximum Gasteiger partial charge on any atom is 0.233 e. The van der Waals surface area contributed by atoms with Crippen molar-refractivity contribution >= 4 is 11.0 Å². The Bertz CT molecular complexity index is 1360. The molecule has 0 saturated carbocycles. The number of aliphatic hydroxyl groups is 7. The Hall–Kier alpha value is -2.75. The van der Waals surface area contributed by atoms with E-state index in [1.807, 2.05) is 0 Å².